The van der Waals surface area contributed by atoms with Gasteiger partial charge >= 0.3 is 5.97 Å². The lowest BCUT2D eigenvalue weighted by molar-refractivity contribution is -0.140. The number of rotatable bonds is 5. The summed E-state index contributed by atoms with van der Waals surface area (Å²) in [4.78, 5) is 33.3. The maximum atomic E-state index is 13.3. The van der Waals surface area contributed by atoms with Crippen molar-refractivity contribution in [1.82, 2.24) is 19.2 Å². The van der Waals surface area contributed by atoms with Crippen molar-refractivity contribution in [2.75, 3.05) is 13.7 Å². The van der Waals surface area contributed by atoms with Crippen molar-refractivity contribution in [3.63, 3.8) is 0 Å². The first-order valence-corrected chi connectivity index (χ1v) is 10.7. The minimum absolute atomic E-state index is 0.0251. The summed E-state index contributed by atoms with van der Waals surface area (Å²) in [5.41, 5.74) is 4.76. The van der Waals surface area contributed by atoms with Gasteiger partial charge in [-0.1, -0.05) is 0 Å². The number of hydrogen-bond donors (Lipinski definition) is 0. The summed E-state index contributed by atoms with van der Waals surface area (Å²) in [5.74, 6) is -0.257. The number of aryl methyl sites for hydroxylation is 3. The fourth-order valence-corrected chi connectivity index (χ4v) is 5.11. The molecular weight excluding hydrogens is 388 g/mol. The summed E-state index contributed by atoms with van der Waals surface area (Å²) in [6, 6.07) is 2.18. The van der Waals surface area contributed by atoms with Crippen LogP contribution in [0.15, 0.2) is 16.2 Å². The van der Waals surface area contributed by atoms with Crippen LogP contribution in [0, 0.1) is 13.8 Å². The van der Waals surface area contributed by atoms with Gasteiger partial charge in [0.15, 0.2) is 5.65 Å². The Labute approximate surface area is 173 Å². The van der Waals surface area contributed by atoms with Crippen LogP contribution in [-0.4, -0.2) is 38.9 Å². The quantitative estimate of drug-likeness (QED) is 0.600. The van der Waals surface area contributed by atoms with E-state index in [-0.39, 0.29) is 17.9 Å². The van der Waals surface area contributed by atoms with Crippen LogP contribution in [0.3, 0.4) is 0 Å². The predicted molar refractivity (Wildman–Crippen MR) is 113 cm³/mol. The molecule has 0 radical (unpaired) electrons. The highest BCUT2D eigenvalue weighted by Crippen LogP contribution is 2.25. The first-order chi connectivity index (χ1) is 13.9. The Kier molecular flexibility index (Phi) is 5.31. The Morgan fingerprint density at radius 2 is 2.14 bits per heavy atom. The summed E-state index contributed by atoms with van der Waals surface area (Å²) in [6.07, 6.45) is 1.83. The summed E-state index contributed by atoms with van der Waals surface area (Å²) >= 11 is 1.81. The topological polar surface area (TPSA) is 69.4 Å². The van der Waals surface area contributed by atoms with Gasteiger partial charge in [-0.3, -0.25) is 19.2 Å². The summed E-state index contributed by atoms with van der Waals surface area (Å²) in [5, 5.41) is 2.79. The molecule has 1 aliphatic rings. The number of pyridine rings is 1. The van der Waals surface area contributed by atoms with Crippen LogP contribution >= 0.6 is 11.3 Å². The lowest BCUT2D eigenvalue weighted by Crippen LogP contribution is -2.36. The molecule has 154 valence electrons. The molecular formula is C21H26N4O3S. The number of methoxy groups -OCH3 is 1. The van der Waals surface area contributed by atoms with E-state index in [9.17, 15) is 9.59 Å². The van der Waals surface area contributed by atoms with E-state index in [1.54, 1.807) is 4.68 Å². The van der Waals surface area contributed by atoms with Crippen LogP contribution < -0.4 is 5.56 Å². The van der Waals surface area contributed by atoms with E-state index in [0.717, 1.165) is 36.3 Å². The molecule has 0 amide bonds. The van der Waals surface area contributed by atoms with Gasteiger partial charge in [-0.2, -0.15) is 0 Å². The van der Waals surface area contributed by atoms with Gasteiger partial charge in [-0.25, -0.2) is 9.67 Å². The monoisotopic (exact) mass is 414 g/mol. The van der Waals surface area contributed by atoms with Crippen molar-refractivity contribution in [3.05, 3.63) is 49.1 Å². The average Bonchev–Trinajstić information content (AvgIpc) is 3.26. The minimum Gasteiger partial charge on any atom is -0.469 e. The molecule has 7 nitrogen and oxygen atoms in total. The van der Waals surface area contributed by atoms with Crippen LogP contribution in [0.4, 0.5) is 0 Å². The smallest absolute Gasteiger partial charge is 0.305 e. The van der Waals surface area contributed by atoms with E-state index in [2.05, 4.69) is 16.3 Å². The molecule has 0 unspecified atom stereocenters. The molecule has 0 bridgehead atoms. The van der Waals surface area contributed by atoms with Crippen LogP contribution in [-0.2, 0) is 42.6 Å². The number of nitrogens with zero attached hydrogens (tertiary/aromatic N) is 4. The molecule has 4 rings (SSSR count). The fourth-order valence-electron chi connectivity index (χ4n) is 4.22. The number of aromatic nitrogens is 3. The van der Waals surface area contributed by atoms with Gasteiger partial charge in [0.05, 0.1) is 19.2 Å². The Balaban J connectivity index is 1.68. The number of carbonyl (C=O) groups is 1. The average molecular weight is 415 g/mol. The number of carbonyl (C=O) groups excluding carboxylic acids is 1. The van der Waals surface area contributed by atoms with E-state index in [4.69, 9.17) is 9.72 Å². The normalized spacial score (nSPS) is 14.3. The molecule has 3 aromatic rings. The number of hydrogen-bond acceptors (Lipinski definition) is 6. The molecule has 0 saturated carbocycles. The molecule has 0 saturated heterocycles. The van der Waals surface area contributed by atoms with E-state index in [0.29, 0.717) is 24.1 Å². The molecule has 8 heteroatoms. The lowest BCUT2D eigenvalue weighted by atomic mass is 10.0. The van der Waals surface area contributed by atoms with Crippen molar-refractivity contribution in [3.8, 4) is 0 Å². The Morgan fingerprint density at radius 1 is 1.34 bits per heavy atom. The molecule has 29 heavy (non-hydrogen) atoms. The highest BCUT2D eigenvalue weighted by Gasteiger charge is 2.22. The molecule has 0 atom stereocenters. The third-order valence-electron chi connectivity index (χ3n) is 5.91. The van der Waals surface area contributed by atoms with Crippen LogP contribution in [0.2, 0.25) is 0 Å². The standard InChI is InChI=1S/C21H26N4O3S/c1-13-16(5-6-18(26)28-4)14(2)22-20-19(13)21(27)25(23(20)3)12-24-9-7-17-15(11-24)8-10-29-17/h8,10H,5-7,9,11-12H2,1-4H3. The van der Waals surface area contributed by atoms with Crippen molar-refractivity contribution in [2.45, 2.75) is 46.3 Å². The van der Waals surface area contributed by atoms with Gasteiger partial charge in [-0.05, 0) is 54.8 Å². The van der Waals surface area contributed by atoms with Gasteiger partial charge in [0.25, 0.3) is 5.56 Å². The fraction of sp³-hybridized carbons (Fsp3) is 0.476. The van der Waals surface area contributed by atoms with Crippen LogP contribution in [0.1, 0.15) is 33.7 Å². The maximum Gasteiger partial charge on any atom is 0.305 e. The highest BCUT2D eigenvalue weighted by atomic mass is 32.1. The highest BCUT2D eigenvalue weighted by molar-refractivity contribution is 7.10. The first-order valence-electron chi connectivity index (χ1n) is 9.80. The first kappa shape index (κ1) is 19.8. The summed E-state index contributed by atoms with van der Waals surface area (Å²) in [7, 11) is 3.28. The molecule has 0 aromatic carbocycles. The molecule has 3 aromatic heterocycles. The van der Waals surface area contributed by atoms with Gasteiger partial charge in [0.2, 0.25) is 0 Å². The largest absolute Gasteiger partial charge is 0.469 e. The number of esters is 1. The SMILES string of the molecule is COC(=O)CCc1c(C)nc2c(c1C)c(=O)n(CN1CCc3sccc3C1)n2C. The second-order valence-electron chi connectivity index (χ2n) is 7.62. The third kappa shape index (κ3) is 3.51. The second kappa shape index (κ2) is 7.76. The zero-order chi connectivity index (χ0) is 20.7. The molecule has 0 N–H and O–H groups in total. The van der Waals surface area contributed by atoms with Crippen molar-refractivity contribution >= 4 is 28.3 Å². The van der Waals surface area contributed by atoms with Gasteiger partial charge in [-0.15, -0.1) is 11.3 Å². The Morgan fingerprint density at radius 3 is 2.90 bits per heavy atom. The minimum atomic E-state index is -0.257. The van der Waals surface area contributed by atoms with Crippen molar-refractivity contribution < 1.29 is 9.53 Å². The Bertz CT molecular complexity index is 1140. The maximum absolute atomic E-state index is 13.3. The number of thiophene rings is 1. The zero-order valence-electron chi connectivity index (χ0n) is 17.3. The molecule has 0 fully saturated rings. The van der Waals surface area contributed by atoms with E-state index < -0.39 is 0 Å². The predicted octanol–water partition coefficient (Wildman–Crippen LogP) is 2.53. The molecule has 0 spiro atoms. The van der Waals surface area contributed by atoms with Crippen molar-refractivity contribution in [2.24, 2.45) is 7.05 Å². The third-order valence-corrected chi connectivity index (χ3v) is 6.93. The molecule has 1 aliphatic heterocycles. The van der Waals surface area contributed by atoms with E-state index in [1.165, 1.54) is 17.6 Å². The van der Waals surface area contributed by atoms with Crippen molar-refractivity contribution in [1.29, 1.82) is 0 Å². The van der Waals surface area contributed by atoms with Crippen LogP contribution in [0.5, 0.6) is 0 Å². The molecule has 0 aliphatic carbocycles. The number of fused-ring (bicyclic) bond motifs is 2. The van der Waals surface area contributed by atoms with Gasteiger partial charge in [0, 0.05) is 37.1 Å². The summed E-state index contributed by atoms with van der Waals surface area (Å²) < 4.78 is 8.39. The Hall–Kier alpha value is -2.45. The lowest BCUT2D eigenvalue weighted by Gasteiger charge is -2.27. The van der Waals surface area contributed by atoms with Gasteiger partial charge < -0.3 is 4.74 Å². The van der Waals surface area contributed by atoms with E-state index in [1.807, 2.05) is 36.9 Å². The zero-order valence-corrected chi connectivity index (χ0v) is 18.1. The van der Waals surface area contributed by atoms with Gasteiger partial charge in [0.1, 0.15) is 0 Å². The second-order valence-corrected chi connectivity index (χ2v) is 8.62. The number of ether oxygens (including phenoxy) is 1. The summed E-state index contributed by atoms with van der Waals surface area (Å²) in [6.45, 7) is 6.23. The van der Waals surface area contributed by atoms with Crippen LogP contribution in [0.25, 0.3) is 11.0 Å². The van der Waals surface area contributed by atoms with E-state index >= 15 is 0 Å². The molecule has 4 heterocycles.